The summed E-state index contributed by atoms with van der Waals surface area (Å²) in [6, 6.07) is 0.757. The first kappa shape index (κ1) is 14.5. The number of hydrogen-bond acceptors (Lipinski definition) is 4. The van der Waals surface area contributed by atoms with Gasteiger partial charge in [-0.05, 0) is 32.7 Å². The zero-order valence-corrected chi connectivity index (χ0v) is 13.0. The lowest BCUT2D eigenvalue weighted by molar-refractivity contribution is 0.0144. The van der Waals surface area contributed by atoms with Crippen molar-refractivity contribution in [1.82, 2.24) is 25.0 Å². The molecule has 0 aromatic carbocycles. The van der Waals surface area contributed by atoms with Gasteiger partial charge in [0.05, 0.1) is 0 Å². The SMILES string of the molecule is CCCc1nc(C(=O)N2CC3CCCCN3CC2C)n[nH]1. The third kappa shape index (κ3) is 2.95. The molecule has 1 aromatic rings. The maximum atomic E-state index is 12.7. The number of nitrogens with one attached hydrogen (secondary N) is 1. The number of carbonyl (C=O) groups is 1. The number of nitrogens with zero attached hydrogens (tertiary/aromatic N) is 4. The first-order valence-electron chi connectivity index (χ1n) is 8.15. The highest BCUT2D eigenvalue weighted by molar-refractivity contribution is 5.90. The van der Waals surface area contributed by atoms with E-state index in [1.165, 1.54) is 25.8 Å². The van der Waals surface area contributed by atoms with Crippen LogP contribution in [-0.4, -0.2) is 62.6 Å². The van der Waals surface area contributed by atoms with Gasteiger partial charge in [-0.15, -0.1) is 5.10 Å². The Morgan fingerprint density at radius 3 is 3.05 bits per heavy atom. The monoisotopic (exact) mass is 291 g/mol. The van der Waals surface area contributed by atoms with E-state index in [9.17, 15) is 4.79 Å². The Balaban J connectivity index is 1.70. The first-order valence-corrected chi connectivity index (χ1v) is 8.15. The summed E-state index contributed by atoms with van der Waals surface area (Å²) in [7, 11) is 0. The van der Waals surface area contributed by atoms with Gasteiger partial charge < -0.3 is 4.90 Å². The third-order valence-corrected chi connectivity index (χ3v) is 4.66. The molecule has 6 heteroatoms. The molecule has 0 aliphatic carbocycles. The molecule has 0 bridgehead atoms. The number of aromatic nitrogens is 3. The molecule has 0 radical (unpaired) electrons. The fourth-order valence-corrected chi connectivity index (χ4v) is 3.50. The summed E-state index contributed by atoms with van der Waals surface area (Å²) in [4.78, 5) is 21.5. The number of rotatable bonds is 3. The van der Waals surface area contributed by atoms with E-state index < -0.39 is 0 Å². The van der Waals surface area contributed by atoms with Crippen molar-refractivity contribution in [3.63, 3.8) is 0 Å². The zero-order chi connectivity index (χ0) is 14.8. The molecule has 2 saturated heterocycles. The Morgan fingerprint density at radius 1 is 1.38 bits per heavy atom. The number of piperidine rings is 1. The highest BCUT2D eigenvalue weighted by atomic mass is 16.2. The minimum absolute atomic E-state index is 0.0219. The van der Waals surface area contributed by atoms with Crippen LogP contribution in [0, 0.1) is 0 Å². The van der Waals surface area contributed by atoms with Gasteiger partial charge in [-0.1, -0.05) is 13.3 Å². The van der Waals surface area contributed by atoms with E-state index in [1.54, 1.807) is 0 Å². The van der Waals surface area contributed by atoms with E-state index in [-0.39, 0.29) is 11.9 Å². The normalized spacial score (nSPS) is 26.7. The quantitative estimate of drug-likeness (QED) is 0.915. The van der Waals surface area contributed by atoms with Crippen molar-refractivity contribution in [2.45, 2.75) is 58.0 Å². The van der Waals surface area contributed by atoms with Crippen molar-refractivity contribution in [3.8, 4) is 0 Å². The highest BCUT2D eigenvalue weighted by Gasteiger charge is 2.36. The molecule has 0 spiro atoms. The summed E-state index contributed by atoms with van der Waals surface area (Å²) in [5.74, 6) is 1.12. The van der Waals surface area contributed by atoms with Crippen LogP contribution in [0.5, 0.6) is 0 Å². The Kier molecular flexibility index (Phi) is 4.24. The van der Waals surface area contributed by atoms with Crippen LogP contribution in [0.25, 0.3) is 0 Å². The molecule has 2 aliphatic rings. The van der Waals surface area contributed by atoms with E-state index in [2.05, 4.69) is 33.9 Å². The van der Waals surface area contributed by atoms with Gasteiger partial charge in [-0.3, -0.25) is 14.8 Å². The minimum Gasteiger partial charge on any atom is -0.330 e. The van der Waals surface area contributed by atoms with Crippen LogP contribution in [0.3, 0.4) is 0 Å². The minimum atomic E-state index is -0.0219. The topological polar surface area (TPSA) is 65.1 Å². The van der Waals surface area contributed by atoms with Crippen molar-refractivity contribution in [1.29, 1.82) is 0 Å². The molecule has 116 valence electrons. The fourth-order valence-electron chi connectivity index (χ4n) is 3.50. The molecule has 2 aliphatic heterocycles. The second-order valence-corrected chi connectivity index (χ2v) is 6.31. The van der Waals surface area contributed by atoms with Gasteiger partial charge in [0.2, 0.25) is 5.82 Å². The molecule has 6 nitrogen and oxygen atoms in total. The Morgan fingerprint density at radius 2 is 2.24 bits per heavy atom. The van der Waals surface area contributed by atoms with E-state index in [0.717, 1.165) is 31.8 Å². The average molecular weight is 291 g/mol. The summed E-state index contributed by atoms with van der Waals surface area (Å²) in [5.41, 5.74) is 0. The average Bonchev–Trinajstić information content (AvgIpc) is 2.95. The lowest BCUT2D eigenvalue weighted by Gasteiger charge is -2.47. The molecule has 2 atom stereocenters. The van der Waals surface area contributed by atoms with Crippen LogP contribution in [-0.2, 0) is 6.42 Å². The zero-order valence-electron chi connectivity index (χ0n) is 13.0. The van der Waals surface area contributed by atoms with Gasteiger partial charge in [-0.2, -0.15) is 0 Å². The number of aromatic amines is 1. The Hall–Kier alpha value is -1.43. The van der Waals surface area contributed by atoms with E-state index in [1.807, 2.05) is 4.90 Å². The second kappa shape index (κ2) is 6.13. The molecule has 21 heavy (non-hydrogen) atoms. The number of H-pyrrole nitrogens is 1. The summed E-state index contributed by atoms with van der Waals surface area (Å²) in [6.45, 7) is 7.19. The van der Waals surface area contributed by atoms with E-state index in [4.69, 9.17) is 0 Å². The standard InChI is InChI=1S/C15H25N5O/c1-3-6-13-16-14(18-17-13)15(21)20-10-12-7-4-5-8-19(12)9-11(20)2/h11-12H,3-10H2,1-2H3,(H,16,17,18). The number of hydrogen-bond donors (Lipinski definition) is 1. The van der Waals surface area contributed by atoms with Crippen molar-refractivity contribution in [2.24, 2.45) is 0 Å². The van der Waals surface area contributed by atoms with Crippen molar-refractivity contribution >= 4 is 5.91 Å². The number of fused-ring (bicyclic) bond motifs is 1. The molecular weight excluding hydrogens is 266 g/mol. The van der Waals surface area contributed by atoms with Crippen LogP contribution in [0.15, 0.2) is 0 Å². The molecule has 2 fully saturated rings. The number of aryl methyl sites for hydroxylation is 1. The molecule has 3 heterocycles. The van der Waals surface area contributed by atoms with Crippen molar-refractivity contribution in [3.05, 3.63) is 11.6 Å². The Labute approximate surface area is 125 Å². The van der Waals surface area contributed by atoms with Crippen molar-refractivity contribution in [2.75, 3.05) is 19.6 Å². The third-order valence-electron chi connectivity index (χ3n) is 4.66. The van der Waals surface area contributed by atoms with Gasteiger partial charge >= 0.3 is 0 Å². The van der Waals surface area contributed by atoms with Gasteiger partial charge in [-0.25, -0.2) is 4.98 Å². The molecule has 1 amide bonds. The fraction of sp³-hybridized carbons (Fsp3) is 0.800. The molecular formula is C15H25N5O. The Bertz CT molecular complexity index is 500. The predicted octanol–water partition coefficient (Wildman–Crippen LogP) is 1.46. The number of amides is 1. The van der Waals surface area contributed by atoms with Crippen LogP contribution >= 0.6 is 0 Å². The van der Waals surface area contributed by atoms with E-state index in [0.29, 0.717) is 11.9 Å². The maximum Gasteiger partial charge on any atom is 0.293 e. The first-order chi connectivity index (χ1) is 10.2. The molecule has 2 unspecified atom stereocenters. The van der Waals surface area contributed by atoms with Crippen LogP contribution in [0.1, 0.15) is 56.0 Å². The van der Waals surface area contributed by atoms with Gasteiger partial charge in [0.1, 0.15) is 5.82 Å². The van der Waals surface area contributed by atoms with Crippen LogP contribution in [0.2, 0.25) is 0 Å². The lowest BCUT2D eigenvalue weighted by Crippen LogP contribution is -2.60. The molecule has 1 aromatic heterocycles. The van der Waals surface area contributed by atoms with Gasteiger partial charge in [0, 0.05) is 31.6 Å². The molecule has 1 N–H and O–H groups in total. The number of piperazine rings is 1. The smallest absolute Gasteiger partial charge is 0.293 e. The summed E-state index contributed by atoms with van der Waals surface area (Å²) < 4.78 is 0. The maximum absolute atomic E-state index is 12.7. The molecule has 3 rings (SSSR count). The van der Waals surface area contributed by atoms with Crippen LogP contribution in [0.4, 0.5) is 0 Å². The van der Waals surface area contributed by atoms with Crippen LogP contribution < -0.4 is 0 Å². The summed E-state index contributed by atoms with van der Waals surface area (Å²) in [5, 5.41) is 6.99. The van der Waals surface area contributed by atoms with Gasteiger partial charge in [0.25, 0.3) is 5.91 Å². The highest BCUT2D eigenvalue weighted by Crippen LogP contribution is 2.24. The summed E-state index contributed by atoms with van der Waals surface area (Å²) >= 11 is 0. The van der Waals surface area contributed by atoms with Gasteiger partial charge in [0.15, 0.2) is 0 Å². The van der Waals surface area contributed by atoms with Crippen molar-refractivity contribution < 1.29 is 4.79 Å². The predicted molar refractivity (Wildman–Crippen MR) is 80.1 cm³/mol. The molecule has 0 saturated carbocycles. The van der Waals surface area contributed by atoms with E-state index >= 15 is 0 Å². The summed E-state index contributed by atoms with van der Waals surface area (Å²) in [6.07, 6.45) is 5.61. The second-order valence-electron chi connectivity index (χ2n) is 6.31. The largest absolute Gasteiger partial charge is 0.330 e. The number of carbonyl (C=O) groups excluding carboxylic acids is 1. The lowest BCUT2D eigenvalue weighted by atomic mass is 9.97.